The number of benzene rings is 3. The number of halogens is 4. The minimum absolute atomic E-state index is 0.152. The van der Waals surface area contributed by atoms with Crippen LogP contribution in [0.15, 0.2) is 60.7 Å². The fraction of sp³-hybridized carbons (Fsp3) is 0.174. The Bertz CT molecular complexity index is 1290. The van der Waals surface area contributed by atoms with Crippen LogP contribution in [0.5, 0.6) is 0 Å². The number of imide groups is 1. The Morgan fingerprint density at radius 3 is 2.45 bits per heavy atom. The van der Waals surface area contributed by atoms with E-state index < -0.39 is 47.4 Å². The van der Waals surface area contributed by atoms with Crippen molar-refractivity contribution in [2.24, 2.45) is 0 Å². The number of carbonyl (C=O) groups excluding carboxylic acids is 3. The van der Waals surface area contributed by atoms with E-state index in [2.05, 4.69) is 10.6 Å². The first kappa shape index (κ1) is 22.6. The lowest BCUT2D eigenvalue weighted by molar-refractivity contribution is -0.137. The molecule has 1 aliphatic heterocycles. The summed E-state index contributed by atoms with van der Waals surface area (Å²) in [5, 5.41) is 6.35. The van der Waals surface area contributed by atoms with Gasteiger partial charge in [-0.05, 0) is 47.5 Å². The third-order valence-corrected chi connectivity index (χ3v) is 5.70. The van der Waals surface area contributed by atoms with Crippen LogP contribution < -0.4 is 10.6 Å². The Labute approximate surface area is 191 Å². The van der Waals surface area contributed by atoms with Gasteiger partial charge in [0, 0.05) is 5.02 Å². The van der Waals surface area contributed by atoms with Crippen LogP contribution in [0.3, 0.4) is 0 Å². The van der Waals surface area contributed by atoms with Crippen LogP contribution in [0.25, 0.3) is 10.8 Å². The lowest BCUT2D eigenvalue weighted by Crippen LogP contribution is -2.42. The van der Waals surface area contributed by atoms with Crippen molar-refractivity contribution in [3.8, 4) is 0 Å². The Balaban J connectivity index is 1.55. The van der Waals surface area contributed by atoms with Crippen LogP contribution in [0, 0.1) is 0 Å². The van der Waals surface area contributed by atoms with E-state index in [1.54, 1.807) is 12.1 Å². The van der Waals surface area contributed by atoms with Crippen LogP contribution >= 0.6 is 11.6 Å². The summed E-state index contributed by atoms with van der Waals surface area (Å²) in [6, 6.07) is 14.8. The first-order chi connectivity index (χ1) is 15.5. The maximum atomic E-state index is 13.3. The molecule has 2 N–H and O–H groups in total. The van der Waals surface area contributed by atoms with Gasteiger partial charge in [-0.3, -0.25) is 14.5 Å². The van der Waals surface area contributed by atoms with E-state index in [0.717, 1.165) is 16.8 Å². The highest BCUT2D eigenvalue weighted by molar-refractivity contribution is 6.30. The first-order valence-electron chi connectivity index (χ1n) is 9.79. The Kier molecular flexibility index (Phi) is 5.53. The molecule has 10 heteroatoms. The molecule has 1 saturated heterocycles. The van der Waals surface area contributed by atoms with Crippen molar-refractivity contribution in [1.29, 1.82) is 0 Å². The summed E-state index contributed by atoms with van der Waals surface area (Å²) in [5.74, 6) is -1.65. The number of anilines is 1. The Hall–Kier alpha value is -3.59. The number of nitrogens with zero attached hydrogens (tertiary/aromatic N) is 1. The van der Waals surface area contributed by atoms with E-state index in [0.29, 0.717) is 16.5 Å². The van der Waals surface area contributed by atoms with Crippen molar-refractivity contribution in [2.45, 2.75) is 18.6 Å². The number of hydrogen-bond donors (Lipinski definition) is 2. The topological polar surface area (TPSA) is 78.5 Å². The van der Waals surface area contributed by atoms with Gasteiger partial charge < -0.3 is 10.6 Å². The molecule has 0 bridgehead atoms. The van der Waals surface area contributed by atoms with Crippen LogP contribution in [0.2, 0.25) is 5.02 Å². The molecule has 0 spiro atoms. The van der Waals surface area contributed by atoms with Crippen molar-refractivity contribution in [3.63, 3.8) is 0 Å². The Morgan fingerprint density at radius 1 is 1.06 bits per heavy atom. The zero-order valence-corrected chi connectivity index (χ0v) is 17.9. The second-order valence-corrected chi connectivity index (χ2v) is 8.18. The number of amides is 4. The molecule has 3 aromatic rings. The second kappa shape index (κ2) is 8.08. The number of nitrogens with one attached hydrogen (secondary N) is 2. The fourth-order valence-corrected chi connectivity index (χ4v) is 3.90. The molecule has 1 heterocycles. The van der Waals surface area contributed by atoms with Gasteiger partial charge in [0.2, 0.25) is 5.91 Å². The average molecular weight is 476 g/mol. The summed E-state index contributed by atoms with van der Waals surface area (Å²) in [5.41, 5.74) is -2.58. The lowest BCUT2D eigenvalue weighted by atomic mass is 9.90. The van der Waals surface area contributed by atoms with Gasteiger partial charge in [-0.2, -0.15) is 13.2 Å². The largest absolute Gasteiger partial charge is 0.418 e. The molecule has 0 unspecified atom stereocenters. The van der Waals surface area contributed by atoms with E-state index in [-0.39, 0.29) is 5.02 Å². The maximum absolute atomic E-state index is 13.3. The van der Waals surface area contributed by atoms with Gasteiger partial charge in [0.15, 0.2) is 0 Å². The normalized spacial score (nSPS) is 18.5. The third-order valence-electron chi connectivity index (χ3n) is 5.46. The van der Waals surface area contributed by atoms with Gasteiger partial charge in [-0.15, -0.1) is 0 Å². The number of alkyl halides is 3. The monoisotopic (exact) mass is 475 g/mol. The summed E-state index contributed by atoms with van der Waals surface area (Å²) in [4.78, 5) is 38.7. The summed E-state index contributed by atoms with van der Waals surface area (Å²) < 4.78 is 39.8. The van der Waals surface area contributed by atoms with E-state index in [9.17, 15) is 27.6 Å². The molecule has 0 aromatic heterocycles. The highest BCUT2D eigenvalue weighted by atomic mass is 35.5. The van der Waals surface area contributed by atoms with Gasteiger partial charge in [-0.25, -0.2) is 4.79 Å². The standard InChI is InChI=1S/C23H17ClF3N3O3/c1-22(15-7-6-13-4-2-3-5-14(13)10-15)20(32)30(21(33)29-22)12-19(31)28-18-9-8-16(24)11-17(18)23(25,26)27/h2-11H,12H2,1H3,(H,28,31)(H,29,33)/t22-/m1/s1. The quantitative estimate of drug-likeness (QED) is 0.526. The van der Waals surface area contributed by atoms with Crippen molar-refractivity contribution < 1.29 is 27.6 Å². The SMILES string of the molecule is C[C@]1(c2ccc3ccccc3c2)NC(=O)N(CC(=O)Nc2ccc(Cl)cc2C(F)(F)F)C1=O. The predicted octanol–water partition coefficient (Wildman–Crippen LogP) is 4.92. The molecule has 4 rings (SSSR count). The lowest BCUT2D eigenvalue weighted by Gasteiger charge is -2.22. The molecule has 1 aliphatic rings. The van der Waals surface area contributed by atoms with Crippen molar-refractivity contribution in [3.05, 3.63) is 76.8 Å². The van der Waals surface area contributed by atoms with Crippen molar-refractivity contribution in [1.82, 2.24) is 10.2 Å². The van der Waals surface area contributed by atoms with E-state index >= 15 is 0 Å². The number of rotatable bonds is 4. The number of urea groups is 1. The summed E-state index contributed by atoms with van der Waals surface area (Å²) in [6.07, 6.45) is -4.76. The Morgan fingerprint density at radius 2 is 1.76 bits per heavy atom. The number of fused-ring (bicyclic) bond motifs is 1. The molecule has 0 aliphatic carbocycles. The summed E-state index contributed by atoms with van der Waals surface area (Å²) >= 11 is 5.64. The van der Waals surface area contributed by atoms with E-state index in [4.69, 9.17) is 11.6 Å². The van der Waals surface area contributed by atoms with E-state index in [1.165, 1.54) is 13.0 Å². The van der Waals surface area contributed by atoms with Crippen LogP contribution in [-0.2, 0) is 21.3 Å². The molecule has 1 fully saturated rings. The smallest absolute Gasteiger partial charge is 0.324 e. The molecule has 6 nitrogen and oxygen atoms in total. The van der Waals surface area contributed by atoms with Gasteiger partial charge in [-0.1, -0.05) is 48.0 Å². The zero-order valence-electron chi connectivity index (χ0n) is 17.2. The third kappa shape index (κ3) is 4.23. The van der Waals surface area contributed by atoms with Crippen LogP contribution in [0.4, 0.5) is 23.7 Å². The highest BCUT2D eigenvalue weighted by Gasteiger charge is 2.49. The van der Waals surface area contributed by atoms with Gasteiger partial charge >= 0.3 is 12.2 Å². The summed E-state index contributed by atoms with van der Waals surface area (Å²) in [6.45, 7) is 0.754. The second-order valence-electron chi connectivity index (χ2n) is 7.74. The first-order valence-corrected chi connectivity index (χ1v) is 10.2. The molecule has 170 valence electrons. The number of carbonyl (C=O) groups is 3. The van der Waals surface area contributed by atoms with Crippen molar-refractivity contribution >= 4 is 45.9 Å². The number of hydrogen-bond acceptors (Lipinski definition) is 3. The molecule has 33 heavy (non-hydrogen) atoms. The van der Waals surface area contributed by atoms with Gasteiger partial charge in [0.25, 0.3) is 5.91 Å². The van der Waals surface area contributed by atoms with Gasteiger partial charge in [0.1, 0.15) is 12.1 Å². The molecular weight excluding hydrogens is 459 g/mol. The van der Waals surface area contributed by atoms with Gasteiger partial charge in [0.05, 0.1) is 11.3 Å². The average Bonchev–Trinajstić information content (AvgIpc) is 2.98. The molecular formula is C23H17ClF3N3O3. The minimum atomic E-state index is -4.76. The molecule has 0 saturated carbocycles. The van der Waals surface area contributed by atoms with Crippen LogP contribution in [-0.4, -0.2) is 29.3 Å². The summed E-state index contributed by atoms with van der Waals surface area (Å²) in [7, 11) is 0. The molecule has 4 amide bonds. The molecule has 0 radical (unpaired) electrons. The molecule has 1 atom stereocenters. The minimum Gasteiger partial charge on any atom is -0.324 e. The van der Waals surface area contributed by atoms with Crippen molar-refractivity contribution in [2.75, 3.05) is 11.9 Å². The maximum Gasteiger partial charge on any atom is 0.418 e. The zero-order chi connectivity index (χ0) is 24.0. The predicted molar refractivity (Wildman–Crippen MR) is 117 cm³/mol. The van der Waals surface area contributed by atoms with E-state index in [1.807, 2.05) is 30.3 Å². The molecule has 3 aromatic carbocycles. The van der Waals surface area contributed by atoms with Crippen LogP contribution in [0.1, 0.15) is 18.1 Å². The fourth-order valence-electron chi connectivity index (χ4n) is 3.73. The highest BCUT2D eigenvalue weighted by Crippen LogP contribution is 2.37.